The number of aromatic amines is 1. The van der Waals surface area contributed by atoms with Gasteiger partial charge in [-0.2, -0.15) is 0 Å². The molecule has 0 atom stereocenters. The van der Waals surface area contributed by atoms with Crippen LogP contribution >= 0.6 is 0 Å². The van der Waals surface area contributed by atoms with Gasteiger partial charge in [-0.1, -0.05) is 18.2 Å². The van der Waals surface area contributed by atoms with E-state index in [4.69, 9.17) is 4.74 Å². The number of nitrogens with one attached hydrogen (secondary N) is 2. The van der Waals surface area contributed by atoms with E-state index in [2.05, 4.69) is 20.3 Å². The zero-order valence-electron chi connectivity index (χ0n) is 15.7. The maximum atomic E-state index is 12.7. The molecule has 0 saturated heterocycles. The van der Waals surface area contributed by atoms with Crippen molar-refractivity contribution in [1.82, 2.24) is 20.3 Å². The van der Waals surface area contributed by atoms with E-state index in [-0.39, 0.29) is 18.1 Å². The van der Waals surface area contributed by atoms with Crippen LogP contribution in [0.4, 0.5) is 0 Å². The first-order valence-corrected chi connectivity index (χ1v) is 9.44. The van der Waals surface area contributed by atoms with Crippen molar-refractivity contribution in [1.29, 1.82) is 0 Å². The van der Waals surface area contributed by atoms with E-state index in [1.807, 2.05) is 44.2 Å². The number of amides is 1. The molecule has 140 valence electrons. The fourth-order valence-corrected chi connectivity index (χ4v) is 3.74. The van der Waals surface area contributed by atoms with Crippen LogP contribution in [0, 0.1) is 13.8 Å². The van der Waals surface area contributed by atoms with Crippen LogP contribution in [0.1, 0.15) is 47.4 Å². The Bertz CT molecular complexity index is 937. The second-order valence-corrected chi connectivity index (χ2v) is 7.25. The van der Waals surface area contributed by atoms with E-state index in [9.17, 15) is 4.79 Å². The molecule has 27 heavy (non-hydrogen) atoms. The topological polar surface area (TPSA) is 79.9 Å². The average Bonchev–Trinajstić information content (AvgIpc) is 3.07. The maximum Gasteiger partial charge on any atom is 0.317 e. The first kappa shape index (κ1) is 17.5. The summed E-state index contributed by atoms with van der Waals surface area (Å²) in [6.07, 6.45) is 5.44. The van der Waals surface area contributed by atoms with Crippen molar-refractivity contribution in [3.8, 4) is 6.01 Å². The van der Waals surface area contributed by atoms with E-state index < -0.39 is 0 Å². The first-order chi connectivity index (χ1) is 13.1. The molecule has 3 aromatic rings. The van der Waals surface area contributed by atoms with Crippen molar-refractivity contribution < 1.29 is 9.53 Å². The van der Waals surface area contributed by atoms with Gasteiger partial charge in [0.25, 0.3) is 5.91 Å². The highest BCUT2D eigenvalue weighted by molar-refractivity contribution is 6.06. The number of ether oxygens (including phenoxy) is 1. The average molecular weight is 364 g/mol. The number of hydrogen-bond donors (Lipinski definition) is 2. The maximum absolute atomic E-state index is 12.7. The van der Waals surface area contributed by atoms with Crippen molar-refractivity contribution in [3.63, 3.8) is 0 Å². The van der Waals surface area contributed by atoms with Crippen LogP contribution in [0.3, 0.4) is 0 Å². The predicted octanol–water partition coefficient (Wildman–Crippen LogP) is 3.69. The van der Waals surface area contributed by atoms with Gasteiger partial charge in [-0.3, -0.25) is 4.79 Å². The van der Waals surface area contributed by atoms with Crippen molar-refractivity contribution >= 4 is 16.8 Å². The summed E-state index contributed by atoms with van der Waals surface area (Å²) in [4.78, 5) is 24.5. The van der Waals surface area contributed by atoms with Crippen LogP contribution < -0.4 is 10.1 Å². The number of carbonyl (C=O) groups is 1. The van der Waals surface area contributed by atoms with Crippen LogP contribution in [0.2, 0.25) is 0 Å². The zero-order chi connectivity index (χ0) is 18.8. The number of hydrogen-bond acceptors (Lipinski definition) is 4. The molecule has 6 heteroatoms. The van der Waals surface area contributed by atoms with E-state index in [1.54, 1.807) is 6.20 Å². The minimum absolute atomic E-state index is 0.0190. The van der Waals surface area contributed by atoms with E-state index >= 15 is 0 Å². The second-order valence-electron chi connectivity index (χ2n) is 7.25. The molecule has 1 aliphatic rings. The molecule has 6 nitrogen and oxygen atoms in total. The van der Waals surface area contributed by atoms with Gasteiger partial charge in [0.1, 0.15) is 6.10 Å². The van der Waals surface area contributed by atoms with E-state index in [0.29, 0.717) is 11.6 Å². The first-order valence-electron chi connectivity index (χ1n) is 9.44. The van der Waals surface area contributed by atoms with Gasteiger partial charge in [-0.05, 0) is 51.7 Å². The highest BCUT2D eigenvalue weighted by atomic mass is 16.5. The number of para-hydroxylation sites is 1. The Morgan fingerprint density at radius 1 is 1.11 bits per heavy atom. The quantitative estimate of drug-likeness (QED) is 0.740. The summed E-state index contributed by atoms with van der Waals surface area (Å²) in [5, 5.41) is 4.13. The Hall–Kier alpha value is -2.89. The van der Waals surface area contributed by atoms with Gasteiger partial charge in [-0.15, -0.1) is 0 Å². The van der Waals surface area contributed by atoms with Gasteiger partial charge in [0.15, 0.2) is 0 Å². The standard InChI is InChI=1S/C21H24N4O2/c1-13-11-14(2)24-21(23-13)27-16-9-7-15(8-10-16)25-20(26)18-12-22-19-6-4-3-5-17(18)19/h3-6,11-12,15-16,22H,7-10H2,1-2H3,(H,25,26). The minimum atomic E-state index is -0.0190. The second kappa shape index (κ2) is 7.39. The summed E-state index contributed by atoms with van der Waals surface area (Å²) in [5.74, 6) is -0.0190. The summed E-state index contributed by atoms with van der Waals surface area (Å²) in [6, 6.07) is 10.4. The number of nitrogens with zero attached hydrogens (tertiary/aromatic N) is 2. The Balaban J connectivity index is 1.33. The molecule has 4 rings (SSSR count). The number of fused-ring (bicyclic) bond motifs is 1. The Kier molecular flexibility index (Phi) is 4.79. The van der Waals surface area contributed by atoms with Gasteiger partial charge in [0.05, 0.1) is 5.56 Å². The number of aromatic nitrogens is 3. The third kappa shape index (κ3) is 3.94. The fourth-order valence-electron chi connectivity index (χ4n) is 3.74. The monoisotopic (exact) mass is 364 g/mol. The summed E-state index contributed by atoms with van der Waals surface area (Å²) in [7, 11) is 0. The lowest BCUT2D eigenvalue weighted by Gasteiger charge is -2.29. The molecule has 1 fully saturated rings. The van der Waals surface area contributed by atoms with Crippen molar-refractivity contribution in [2.75, 3.05) is 0 Å². The molecule has 2 N–H and O–H groups in total. The molecule has 1 aliphatic carbocycles. The molecular weight excluding hydrogens is 340 g/mol. The molecule has 1 amide bonds. The molecule has 0 bridgehead atoms. The third-order valence-corrected chi connectivity index (χ3v) is 5.08. The van der Waals surface area contributed by atoms with Gasteiger partial charge in [-0.25, -0.2) is 9.97 Å². The van der Waals surface area contributed by atoms with Crippen LogP contribution in [0.5, 0.6) is 6.01 Å². The number of rotatable bonds is 4. The van der Waals surface area contributed by atoms with Crippen LogP contribution in [0.25, 0.3) is 10.9 Å². The van der Waals surface area contributed by atoms with Crippen LogP contribution in [-0.4, -0.2) is 33.0 Å². The summed E-state index contributed by atoms with van der Waals surface area (Å²) in [5.41, 5.74) is 3.51. The molecule has 0 aliphatic heterocycles. The van der Waals surface area contributed by atoms with E-state index in [0.717, 1.165) is 48.0 Å². The smallest absolute Gasteiger partial charge is 0.317 e. The van der Waals surface area contributed by atoms with Crippen molar-refractivity contribution in [2.45, 2.75) is 51.7 Å². The molecule has 2 aromatic heterocycles. The van der Waals surface area contributed by atoms with Gasteiger partial charge in [0.2, 0.25) is 0 Å². The van der Waals surface area contributed by atoms with Crippen LogP contribution in [-0.2, 0) is 0 Å². The number of benzene rings is 1. The summed E-state index contributed by atoms with van der Waals surface area (Å²) >= 11 is 0. The number of aryl methyl sites for hydroxylation is 2. The summed E-state index contributed by atoms with van der Waals surface area (Å²) < 4.78 is 5.96. The lowest BCUT2D eigenvalue weighted by molar-refractivity contribution is 0.0886. The highest BCUT2D eigenvalue weighted by Gasteiger charge is 2.25. The van der Waals surface area contributed by atoms with Gasteiger partial charge >= 0.3 is 6.01 Å². The molecule has 0 radical (unpaired) electrons. The van der Waals surface area contributed by atoms with Crippen LogP contribution in [0.15, 0.2) is 36.5 Å². The lowest BCUT2D eigenvalue weighted by Crippen LogP contribution is -2.39. The number of H-pyrrole nitrogens is 1. The molecule has 1 aromatic carbocycles. The molecular formula is C21H24N4O2. The Morgan fingerprint density at radius 2 is 1.81 bits per heavy atom. The zero-order valence-corrected chi connectivity index (χ0v) is 15.7. The lowest BCUT2D eigenvalue weighted by atomic mass is 9.92. The van der Waals surface area contributed by atoms with Crippen molar-refractivity contribution in [2.24, 2.45) is 0 Å². The molecule has 1 saturated carbocycles. The normalized spacial score (nSPS) is 19.8. The highest BCUT2D eigenvalue weighted by Crippen LogP contribution is 2.24. The largest absolute Gasteiger partial charge is 0.460 e. The number of carbonyl (C=O) groups excluding carboxylic acids is 1. The van der Waals surface area contributed by atoms with E-state index in [1.165, 1.54) is 0 Å². The molecule has 2 heterocycles. The Labute approximate surface area is 158 Å². The minimum Gasteiger partial charge on any atom is -0.460 e. The van der Waals surface area contributed by atoms with Crippen molar-refractivity contribution in [3.05, 3.63) is 53.5 Å². The molecule has 0 unspecified atom stereocenters. The van der Waals surface area contributed by atoms with Gasteiger partial charge in [0, 0.05) is 34.5 Å². The molecule has 0 spiro atoms. The summed E-state index contributed by atoms with van der Waals surface area (Å²) in [6.45, 7) is 3.89. The SMILES string of the molecule is Cc1cc(C)nc(OC2CCC(NC(=O)c3c[nH]c4ccccc34)CC2)n1. The predicted molar refractivity (Wildman–Crippen MR) is 104 cm³/mol. The Morgan fingerprint density at radius 3 is 2.56 bits per heavy atom. The van der Waals surface area contributed by atoms with Gasteiger partial charge < -0.3 is 15.0 Å². The fraction of sp³-hybridized carbons (Fsp3) is 0.381. The third-order valence-electron chi connectivity index (χ3n) is 5.08.